The molecule has 8 heteroatoms. The molecule has 2 heterocycles. The predicted molar refractivity (Wildman–Crippen MR) is 121 cm³/mol. The quantitative estimate of drug-likeness (QED) is 0.630. The summed E-state index contributed by atoms with van der Waals surface area (Å²) in [6.45, 7) is 2.05. The standard InChI is InChI=1S/C25H25FN4O3/c26-21-10-8-19(9-11-21)17-27-23(31)18-30-12-4-7-22(30)25(33)29-15-13-28(14-16-29)24(32)20-5-2-1-3-6-20/h1-12H,13-18H2,(H,27,31). The maximum atomic E-state index is 13.1. The Labute approximate surface area is 191 Å². The second kappa shape index (κ2) is 10.1. The minimum Gasteiger partial charge on any atom is -0.350 e. The normalized spacial score (nSPS) is 13.6. The van der Waals surface area contributed by atoms with Gasteiger partial charge in [-0.15, -0.1) is 0 Å². The van der Waals surface area contributed by atoms with Gasteiger partial charge in [-0.25, -0.2) is 4.39 Å². The fourth-order valence-electron chi connectivity index (χ4n) is 3.80. The molecule has 1 N–H and O–H groups in total. The van der Waals surface area contributed by atoms with Gasteiger partial charge in [0, 0.05) is 44.5 Å². The van der Waals surface area contributed by atoms with Gasteiger partial charge in [0.15, 0.2) is 0 Å². The Kier molecular flexibility index (Phi) is 6.83. The first-order chi connectivity index (χ1) is 16.0. The van der Waals surface area contributed by atoms with Gasteiger partial charge in [0.05, 0.1) is 0 Å². The molecule has 1 aromatic heterocycles. The van der Waals surface area contributed by atoms with Gasteiger partial charge in [0.25, 0.3) is 11.8 Å². The number of benzene rings is 2. The molecule has 1 fully saturated rings. The Morgan fingerprint density at radius 2 is 1.42 bits per heavy atom. The van der Waals surface area contributed by atoms with Crippen LogP contribution in [0.25, 0.3) is 0 Å². The Hall–Kier alpha value is -3.94. The second-order valence-corrected chi connectivity index (χ2v) is 7.87. The maximum Gasteiger partial charge on any atom is 0.270 e. The molecule has 7 nitrogen and oxygen atoms in total. The number of nitrogens with zero attached hydrogens (tertiary/aromatic N) is 3. The van der Waals surface area contributed by atoms with Crippen LogP contribution in [-0.2, 0) is 17.9 Å². The SMILES string of the molecule is O=C(Cn1cccc1C(=O)N1CCN(C(=O)c2ccccc2)CC1)NCc1ccc(F)cc1. The lowest BCUT2D eigenvalue weighted by atomic mass is 10.2. The van der Waals surface area contributed by atoms with Crippen molar-refractivity contribution in [1.29, 1.82) is 0 Å². The summed E-state index contributed by atoms with van der Waals surface area (Å²) in [7, 11) is 0. The summed E-state index contributed by atoms with van der Waals surface area (Å²) in [5, 5.41) is 2.78. The molecule has 1 aliphatic rings. The molecule has 33 heavy (non-hydrogen) atoms. The van der Waals surface area contributed by atoms with Crippen molar-refractivity contribution in [3.63, 3.8) is 0 Å². The Morgan fingerprint density at radius 3 is 2.09 bits per heavy atom. The molecule has 0 aliphatic carbocycles. The zero-order valence-electron chi connectivity index (χ0n) is 18.1. The fourth-order valence-corrected chi connectivity index (χ4v) is 3.80. The summed E-state index contributed by atoms with van der Waals surface area (Å²) in [6, 6.07) is 18.4. The Bertz CT molecular complexity index is 1120. The third-order valence-corrected chi connectivity index (χ3v) is 5.64. The number of aromatic nitrogens is 1. The number of piperazine rings is 1. The van der Waals surface area contributed by atoms with E-state index in [0.29, 0.717) is 37.4 Å². The highest BCUT2D eigenvalue weighted by Gasteiger charge is 2.27. The van der Waals surface area contributed by atoms with Crippen LogP contribution in [0.15, 0.2) is 72.9 Å². The minimum absolute atomic E-state index is 0.00171. The molecule has 0 unspecified atom stereocenters. The van der Waals surface area contributed by atoms with E-state index in [9.17, 15) is 18.8 Å². The molecule has 0 radical (unpaired) electrons. The number of amides is 3. The lowest BCUT2D eigenvalue weighted by Crippen LogP contribution is -2.51. The van der Waals surface area contributed by atoms with Gasteiger partial charge >= 0.3 is 0 Å². The van der Waals surface area contributed by atoms with Crippen LogP contribution in [0.3, 0.4) is 0 Å². The highest BCUT2D eigenvalue weighted by atomic mass is 19.1. The second-order valence-electron chi connectivity index (χ2n) is 7.87. The third kappa shape index (κ3) is 5.46. The summed E-state index contributed by atoms with van der Waals surface area (Å²) in [6.07, 6.45) is 1.69. The van der Waals surface area contributed by atoms with Crippen LogP contribution in [0.4, 0.5) is 4.39 Å². The molecule has 2 aromatic carbocycles. The van der Waals surface area contributed by atoms with Crippen LogP contribution in [0.2, 0.25) is 0 Å². The molecule has 4 rings (SSSR count). The molecule has 3 amide bonds. The summed E-state index contributed by atoms with van der Waals surface area (Å²) < 4.78 is 14.6. The van der Waals surface area contributed by atoms with Crippen molar-refractivity contribution in [2.45, 2.75) is 13.1 Å². The third-order valence-electron chi connectivity index (χ3n) is 5.64. The van der Waals surface area contributed by atoms with Crippen LogP contribution in [-0.4, -0.2) is 58.3 Å². The fraction of sp³-hybridized carbons (Fsp3) is 0.240. The monoisotopic (exact) mass is 448 g/mol. The highest BCUT2D eigenvalue weighted by Crippen LogP contribution is 2.13. The molecule has 0 spiro atoms. The van der Waals surface area contributed by atoms with Crippen LogP contribution in [0.1, 0.15) is 26.4 Å². The molecule has 1 aliphatic heterocycles. The van der Waals surface area contributed by atoms with Crippen molar-refractivity contribution >= 4 is 17.7 Å². The van der Waals surface area contributed by atoms with Gasteiger partial charge in [-0.2, -0.15) is 0 Å². The largest absolute Gasteiger partial charge is 0.350 e. The topological polar surface area (TPSA) is 74.7 Å². The van der Waals surface area contributed by atoms with E-state index in [1.165, 1.54) is 12.1 Å². The van der Waals surface area contributed by atoms with E-state index in [-0.39, 0.29) is 36.6 Å². The number of rotatable bonds is 6. The lowest BCUT2D eigenvalue weighted by molar-refractivity contribution is -0.121. The van der Waals surface area contributed by atoms with E-state index < -0.39 is 0 Å². The first kappa shape index (κ1) is 22.3. The molecule has 0 saturated carbocycles. The van der Waals surface area contributed by atoms with Crippen molar-refractivity contribution in [2.75, 3.05) is 26.2 Å². The van der Waals surface area contributed by atoms with Gasteiger partial charge in [0.1, 0.15) is 18.1 Å². The zero-order chi connectivity index (χ0) is 23.2. The van der Waals surface area contributed by atoms with E-state index >= 15 is 0 Å². The Balaban J connectivity index is 1.31. The summed E-state index contributed by atoms with van der Waals surface area (Å²) in [5.74, 6) is -0.782. The average molecular weight is 448 g/mol. The maximum absolute atomic E-state index is 13.1. The summed E-state index contributed by atoms with van der Waals surface area (Å²) >= 11 is 0. The number of hydrogen-bond donors (Lipinski definition) is 1. The van der Waals surface area contributed by atoms with E-state index in [2.05, 4.69) is 5.32 Å². The summed E-state index contributed by atoms with van der Waals surface area (Å²) in [4.78, 5) is 41.5. The smallest absolute Gasteiger partial charge is 0.270 e. The zero-order valence-corrected chi connectivity index (χ0v) is 18.1. The molecule has 0 atom stereocenters. The molecule has 0 bridgehead atoms. The molecule has 3 aromatic rings. The number of hydrogen-bond acceptors (Lipinski definition) is 3. The van der Waals surface area contributed by atoms with Crippen LogP contribution in [0, 0.1) is 5.82 Å². The van der Waals surface area contributed by atoms with Crippen molar-refractivity contribution in [1.82, 2.24) is 19.7 Å². The summed E-state index contributed by atoms with van der Waals surface area (Å²) in [5.41, 5.74) is 1.85. The van der Waals surface area contributed by atoms with Crippen LogP contribution in [0.5, 0.6) is 0 Å². The van der Waals surface area contributed by atoms with Crippen LogP contribution < -0.4 is 5.32 Å². The van der Waals surface area contributed by atoms with Crippen LogP contribution >= 0.6 is 0 Å². The van der Waals surface area contributed by atoms with Crippen molar-refractivity contribution in [3.8, 4) is 0 Å². The van der Waals surface area contributed by atoms with Gasteiger partial charge in [-0.1, -0.05) is 30.3 Å². The predicted octanol–water partition coefficient (Wildman–Crippen LogP) is 2.54. The van der Waals surface area contributed by atoms with E-state index in [4.69, 9.17) is 0 Å². The van der Waals surface area contributed by atoms with Crippen molar-refractivity contribution in [2.24, 2.45) is 0 Å². The van der Waals surface area contributed by atoms with E-state index in [1.807, 2.05) is 18.2 Å². The molecular weight excluding hydrogens is 423 g/mol. The minimum atomic E-state index is -0.328. The lowest BCUT2D eigenvalue weighted by Gasteiger charge is -2.35. The Morgan fingerprint density at radius 1 is 0.788 bits per heavy atom. The average Bonchev–Trinajstić information content (AvgIpc) is 3.31. The number of nitrogens with one attached hydrogen (secondary N) is 1. The van der Waals surface area contributed by atoms with Gasteiger partial charge < -0.3 is 19.7 Å². The van der Waals surface area contributed by atoms with Crippen molar-refractivity contribution < 1.29 is 18.8 Å². The first-order valence-corrected chi connectivity index (χ1v) is 10.8. The van der Waals surface area contributed by atoms with E-state index in [1.54, 1.807) is 57.0 Å². The van der Waals surface area contributed by atoms with Crippen molar-refractivity contribution in [3.05, 3.63) is 95.6 Å². The molecule has 1 saturated heterocycles. The first-order valence-electron chi connectivity index (χ1n) is 10.8. The van der Waals surface area contributed by atoms with Gasteiger partial charge in [-0.05, 0) is 42.0 Å². The highest BCUT2D eigenvalue weighted by molar-refractivity contribution is 5.95. The van der Waals surface area contributed by atoms with Gasteiger partial charge in [0.2, 0.25) is 5.91 Å². The number of carbonyl (C=O) groups is 3. The van der Waals surface area contributed by atoms with Gasteiger partial charge in [-0.3, -0.25) is 14.4 Å². The molecular formula is C25H25FN4O3. The molecule has 170 valence electrons. The number of carbonyl (C=O) groups excluding carboxylic acids is 3. The van der Waals surface area contributed by atoms with E-state index in [0.717, 1.165) is 5.56 Å². The number of halogens is 1.